The number of amides is 1. The van der Waals surface area contributed by atoms with E-state index in [-0.39, 0.29) is 25.9 Å². The molecule has 0 spiro atoms. The molecule has 0 radical (unpaired) electrons. The monoisotopic (exact) mass is 411 g/mol. The molecule has 0 bridgehead atoms. The van der Waals surface area contributed by atoms with Crippen molar-refractivity contribution in [3.8, 4) is 11.1 Å². The van der Waals surface area contributed by atoms with Gasteiger partial charge in [-0.25, -0.2) is 9.97 Å². The third-order valence-corrected chi connectivity index (χ3v) is 4.99. The maximum atomic E-state index is 12.3. The first-order valence-corrected chi connectivity index (χ1v) is 8.51. The lowest BCUT2D eigenvalue weighted by atomic mass is 10.1. The normalized spacial score (nSPS) is 10.6. The van der Waals surface area contributed by atoms with Crippen molar-refractivity contribution in [3.63, 3.8) is 0 Å². The van der Waals surface area contributed by atoms with Crippen LogP contribution < -0.4 is 5.32 Å². The van der Waals surface area contributed by atoms with Gasteiger partial charge in [-0.1, -0.05) is 76.7 Å². The molecule has 0 unspecified atom stereocenters. The standard InChI is InChI=1S/C17H9Cl4N3O/c18-12-13(19)15(24-16(21)14(12)20)17(25)23-11-7-6-10(8-22-11)9-4-2-1-3-5-9/h1-8H,(H,22,23,25). The predicted molar refractivity (Wildman–Crippen MR) is 102 cm³/mol. The molecule has 126 valence electrons. The number of carbonyl (C=O) groups excluding carboxylic acids is 1. The highest BCUT2D eigenvalue weighted by Gasteiger charge is 2.20. The molecule has 0 saturated carbocycles. The second-order valence-corrected chi connectivity index (χ2v) is 6.44. The van der Waals surface area contributed by atoms with Crippen LogP contribution in [0.2, 0.25) is 20.2 Å². The zero-order chi connectivity index (χ0) is 18.0. The fourth-order valence-electron chi connectivity index (χ4n) is 2.08. The summed E-state index contributed by atoms with van der Waals surface area (Å²) in [5, 5.41) is 2.39. The molecule has 2 aromatic heterocycles. The highest BCUT2D eigenvalue weighted by molar-refractivity contribution is 6.52. The zero-order valence-corrected chi connectivity index (χ0v) is 15.5. The van der Waals surface area contributed by atoms with Crippen LogP contribution in [0.15, 0.2) is 48.7 Å². The van der Waals surface area contributed by atoms with Crippen molar-refractivity contribution in [2.75, 3.05) is 5.32 Å². The quantitative estimate of drug-likeness (QED) is 0.536. The van der Waals surface area contributed by atoms with Crippen LogP contribution >= 0.6 is 46.4 Å². The first-order valence-electron chi connectivity index (χ1n) is 7.00. The van der Waals surface area contributed by atoms with E-state index in [2.05, 4.69) is 15.3 Å². The molecule has 0 aliphatic rings. The summed E-state index contributed by atoms with van der Waals surface area (Å²) in [7, 11) is 0. The van der Waals surface area contributed by atoms with E-state index in [0.717, 1.165) is 11.1 Å². The van der Waals surface area contributed by atoms with Crippen LogP contribution in [-0.2, 0) is 0 Å². The van der Waals surface area contributed by atoms with Crippen LogP contribution in [0.25, 0.3) is 11.1 Å². The fourth-order valence-corrected chi connectivity index (χ4v) is 2.90. The van der Waals surface area contributed by atoms with Gasteiger partial charge in [-0.2, -0.15) is 0 Å². The molecule has 1 amide bonds. The minimum atomic E-state index is -0.592. The molecular weight excluding hydrogens is 404 g/mol. The number of hydrogen-bond donors (Lipinski definition) is 1. The summed E-state index contributed by atoms with van der Waals surface area (Å²) in [5.74, 6) is -0.254. The minimum Gasteiger partial charge on any atom is -0.305 e. The topological polar surface area (TPSA) is 54.9 Å². The molecule has 0 fully saturated rings. The zero-order valence-electron chi connectivity index (χ0n) is 12.4. The third-order valence-electron chi connectivity index (χ3n) is 3.31. The van der Waals surface area contributed by atoms with Gasteiger partial charge in [0.25, 0.3) is 5.91 Å². The first-order chi connectivity index (χ1) is 12.0. The van der Waals surface area contributed by atoms with E-state index in [1.165, 1.54) is 0 Å². The van der Waals surface area contributed by atoms with E-state index in [9.17, 15) is 4.79 Å². The van der Waals surface area contributed by atoms with Crippen molar-refractivity contribution >= 4 is 58.1 Å². The average molecular weight is 413 g/mol. The number of anilines is 1. The van der Waals surface area contributed by atoms with Crippen molar-refractivity contribution in [1.29, 1.82) is 0 Å². The van der Waals surface area contributed by atoms with Crippen molar-refractivity contribution in [3.05, 3.63) is 74.6 Å². The number of aromatic nitrogens is 2. The molecule has 25 heavy (non-hydrogen) atoms. The van der Waals surface area contributed by atoms with Gasteiger partial charge >= 0.3 is 0 Å². The van der Waals surface area contributed by atoms with Crippen LogP contribution in [0.3, 0.4) is 0 Å². The van der Waals surface area contributed by atoms with Crippen molar-refractivity contribution in [2.24, 2.45) is 0 Å². The minimum absolute atomic E-state index is 0.00442. The molecule has 0 aliphatic carbocycles. The Bertz CT molecular complexity index is 931. The summed E-state index contributed by atoms with van der Waals surface area (Å²) in [4.78, 5) is 20.4. The number of benzene rings is 1. The second kappa shape index (κ2) is 7.58. The van der Waals surface area contributed by atoms with Crippen LogP contribution in [0.5, 0.6) is 0 Å². The molecular formula is C17H9Cl4N3O. The van der Waals surface area contributed by atoms with Crippen LogP contribution in [0, 0.1) is 0 Å². The molecule has 0 aliphatic heterocycles. The van der Waals surface area contributed by atoms with Gasteiger partial charge in [-0.3, -0.25) is 4.79 Å². The number of pyridine rings is 2. The molecule has 3 rings (SSSR count). The molecule has 4 nitrogen and oxygen atoms in total. The van der Waals surface area contributed by atoms with Crippen molar-refractivity contribution < 1.29 is 4.79 Å². The maximum Gasteiger partial charge on any atom is 0.277 e. The Morgan fingerprint density at radius 3 is 2.20 bits per heavy atom. The van der Waals surface area contributed by atoms with Crippen LogP contribution in [-0.4, -0.2) is 15.9 Å². The lowest BCUT2D eigenvalue weighted by Crippen LogP contribution is -2.15. The predicted octanol–water partition coefficient (Wildman–Crippen LogP) is 6.01. The average Bonchev–Trinajstić information content (AvgIpc) is 2.64. The van der Waals surface area contributed by atoms with Crippen molar-refractivity contribution in [2.45, 2.75) is 0 Å². The Hall–Kier alpha value is -1.85. The number of nitrogens with zero attached hydrogens (tertiary/aromatic N) is 2. The molecule has 1 N–H and O–H groups in total. The van der Waals surface area contributed by atoms with E-state index in [1.54, 1.807) is 12.3 Å². The second-order valence-electron chi connectivity index (χ2n) is 4.95. The molecule has 3 aromatic rings. The highest BCUT2D eigenvalue weighted by atomic mass is 35.5. The summed E-state index contributed by atoms with van der Waals surface area (Å²) in [5.41, 5.74) is 1.82. The van der Waals surface area contributed by atoms with E-state index < -0.39 is 5.91 Å². The maximum absolute atomic E-state index is 12.3. The molecule has 0 atom stereocenters. The lowest BCUT2D eigenvalue weighted by Gasteiger charge is -2.09. The smallest absolute Gasteiger partial charge is 0.277 e. The van der Waals surface area contributed by atoms with Gasteiger partial charge < -0.3 is 5.32 Å². The summed E-state index contributed by atoms with van der Waals surface area (Å²) < 4.78 is 0. The van der Waals surface area contributed by atoms with Gasteiger partial charge in [0.1, 0.15) is 11.0 Å². The summed E-state index contributed by atoms with van der Waals surface area (Å²) in [6.07, 6.45) is 1.65. The SMILES string of the molecule is O=C(Nc1ccc(-c2ccccc2)cn1)c1nc(Cl)c(Cl)c(Cl)c1Cl. The molecule has 1 aromatic carbocycles. The van der Waals surface area contributed by atoms with Crippen molar-refractivity contribution in [1.82, 2.24) is 9.97 Å². The molecule has 2 heterocycles. The Labute approximate surface area is 163 Å². The van der Waals surface area contributed by atoms with Gasteiger partial charge in [0.15, 0.2) is 5.69 Å². The molecule has 0 saturated heterocycles. The Balaban J connectivity index is 1.82. The fraction of sp³-hybridized carbons (Fsp3) is 0. The van der Waals surface area contributed by atoms with E-state index in [4.69, 9.17) is 46.4 Å². The third kappa shape index (κ3) is 3.88. The first kappa shape index (κ1) is 18.0. The van der Waals surface area contributed by atoms with E-state index >= 15 is 0 Å². The Morgan fingerprint density at radius 2 is 1.56 bits per heavy atom. The Morgan fingerprint density at radius 1 is 0.840 bits per heavy atom. The number of carbonyl (C=O) groups is 1. The number of hydrogen-bond acceptors (Lipinski definition) is 3. The van der Waals surface area contributed by atoms with Gasteiger partial charge in [-0.05, 0) is 17.7 Å². The lowest BCUT2D eigenvalue weighted by molar-refractivity contribution is 0.102. The summed E-state index contributed by atoms with van der Waals surface area (Å²) >= 11 is 23.6. The summed E-state index contributed by atoms with van der Waals surface area (Å²) in [6, 6.07) is 13.3. The van der Waals surface area contributed by atoms with Gasteiger partial charge in [0.2, 0.25) is 0 Å². The number of nitrogens with one attached hydrogen (secondary N) is 1. The highest BCUT2D eigenvalue weighted by Crippen LogP contribution is 2.36. The number of halogens is 4. The largest absolute Gasteiger partial charge is 0.305 e. The van der Waals surface area contributed by atoms with Gasteiger partial charge in [0.05, 0.1) is 15.1 Å². The van der Waals surface area contributed by atoms with Crippen LogP contribution in [0.4, 0.5) is 5.82 Å². The summed E-state index contributed by atoms with van der Waals surface area (Å²) in [6.45, 7) is 0. The Kier molecular flexibility index (Phi) is 5.45. The van der Waals surface area contributed by atoms with Gasteiger partial charge in [-0.15, -0.1) is 0 Å². The van der Waals surface area contributed by atoms with E-state index in [0.29, 0.717) is 5.82 Å². The van der Waals surface area contributed by atoms with E-state index in [1.807, 2.05) is 36.4 Å². The number of rotatable bonds is 3. The molecule has 8 heteroatoms. The van der Waals surface area contributed by atoms with Gasteiger partial charge in [0, 0.05) is 11.8 Å². The van der Waals surface area contributed by atoms with Crippen LogP contribution in [0.1, 0.15) is 10.5 Å².